The van der Waals surface area contributed by atoms with Crippen molar-refractivity contribution in [2.24, 2.45) is 5.73 Å². The van der Waals surface area contributed by atoms with E-state index in [0.29, 0.717) is 17.7 Å². The number of sulfonamides is 1. The quantitative estimate of drug-likeness (QED) is 0.197. The van der Waals surface area contributed by atoms with Crippen molar-refractivity contribution in [1.82, 2.24) is 4.72 Å². The molecule has 2 aromatic rings. The first kappa shape index (κ1) is 23.8. The van der Waals surface area contributed by atoms with Gasteiger partial charge in [0.25, 0.3) is 0 Å². The number of nitrogen functional groups attached to an aromatic ring is 1. The Kier molecular flexibility index (Phi) is 8.11. The molecule has 1 amide bonds. The number of anilines is 1. The maximum absolute atomic E-state index is 12.5. The molecule has 0 heterocycles. The van der Waals surface area contributed by atoms with Gasteiger partial charge in [0.15, 0.2) is 0 Å². The van der Waals surface area contributed by atoms with E-state index >= 15 is 0 Å². The molecule has 0 bridgehead atoms. The van der Waals surface area contributed by atoms with Crippen LogP contribution in [-0.2, 0) is 19.6 Å². The average Bonchev–Trinajstić information content (AvgIpc) is 2.71. The third-order valence-electron chi connectivity index (χ3n) is 4.14. The largest absolute Gasteiger partial charge is 0.494 e. The number of carboxylic acids is 1. The lowest BCUT2D eigenvalue weighted by atomic mass is 10.2. The van der Waals surface area contributed by atoms with Crippen LogP contribution in [0.5, 0.6) is 5.75 Å². The summed E-state index contributed by atoms with van der Waals surface area (Å²) >= 11 is 0. The minimum atomic E-state index is -4.15. The highest BCUT2D eigenvalue weighted by Gasteiger charge is 2.24. The topological polar surface area (TPSA) is 172 Å². The number of amidine groups is 1. The number of benzene rings is 2. The molecule has 10 nitrogen and oxygen atoms in total. The zero-order valence-corrected chi connectivity index (χ0v) is 17.6. The van der Waals surface area contributed by atoms with E-state index in [1.54, 1.807) is 30.3 Å². The zero-order valence-electron chi connectivity index (χ0n) is 16.8. The highest BCUT2D eigenvalue weighted by atomic mass is 32.2. The van der Waals surface area contributed by atoms with Crippen molar-refractivity contribution in [3.63, 3.8) is 0 Å². The molecule has 2 rings (SSSR count). The summed E-state index contributed by atoms with van der Waals surface area (Å²) in [5, 5.41) is 18.8. The lowest BCUT2D eigenvalue weighted by Gasteiger charge is -2.14. The molecule has 2 aromatic carbocycles. The number of hydrogen-bond acceptors (Lipinski definition) is 6. The first-order valence-corrected chi connectivity index (χ1v) is 10.8. The van der Waals surface area contributed by atoms with Crippen molar-refractivity contribution in [2.45, 2.75) is 30.7 Å². The van der Waals surface area contributed by atoms with E-state index in [9.17, 15) is 18.0 Å². The van der Waals surface area contributed by atoms with Gasteiger partial charge in [0.05, 0.1) is 12.3 Å². The summed E-state index contributed by atoms with van der Waals surface area (Å²) < 4.78 is 32.5. The normalized spacial score (nSPS) is 12.0. The lowest BCUT2D eigenvalue weighted by molar-refractivity contribution is -0.138. The molecule has 6 N–H and O–H groups in total. The molecule has 0 saturated carbocycles. The minimum absolute atomic E-state index is 0.0434. The monoisotopic (exact) mass is 448 g/mol. The van der Waals surface area contributed by atoms with Gasteiger partial charge in [-0.05, 0) is 49.7 Å². The number of ether oxygens (including phenoxy) is 1. The molecule has 31 heavy (non-hydrogen) atoms. The number of carbonyl (C=O) groups is 2. The Hall–Kier alpha value is -3.44. The predicted octanol–water partition coefficient (Wildman–Crippen LogP) is 1.52. The Balaban J connectivity index is 1.91. The van der Waals surface area contributed by atoms with Crippen molar-refractivity contribution >= 4 is 33.4 Å². The zero-order chi connectivity index (χ0) is 23.0. The molecule has 0 aliphatic heterocycles. The summed E-state index contributed by atoms with van der Waals surface area (Å²) in [6.45, 7) is 1.46. The molecule has 0 aliphatic carbocycles. The molecule has 11 heteroatoms. The maximum Gasteiger partial charge on any atom is 0.321 e. The Morgan fingerprint density at radius 1 is 1.16 bits per heavy atom. The van der Waals surface area contributed by atoms with Gasteiger partial charge in [0.1, 0.15) is 22.5 Å². The predicted molar refractivity (Wildman–Crippen MR) is 115 cm³/mol. The number of aliphatic carboxylic acids is 1. The van der Waals surface area contributed by atoms with Gasteiger partial charge in [-0.15, -0.1) is 0 Å². The smallest absolute Gasteiger partial charge is 0.321 e. The van der Waals surface area contributed by atoms with Crippen molar-refractivity contribution in [1.29, 1.82) is 5.41 Å². The van der Waals surface area contributed by atoms with Crippen LogP contribution >= 0.6 is 0 Å². The fraction of sp³-hybridized carbons (Fsp3) is 0.250. The lowest BCUT2D eigenvalue weighted by Crippen LogP contribution is -2.38. The number of nitrogens with one attached hydrogen (secondary N) is 3. The van der Waals surface area contributed by atoms with E-state index in [2.05, 4.69) is 5.32 Å². The van der Waals surface area contributed by atoms with E-state index in [1.807, 2.05) is 4.72 Å². The summed E-state index contributed by atoms with van der Waals surface area (Å²) in [6, 6.07) is 11.1. The van der Waals surface area contributed by atoms with Gasteiger partial charge < -0.3 is 20.9 Å². The molecule has 0 aliphatic rings. The fourth-order valence-electron chi connectivity index (χ4n) is 2.52. The summed E-state index contributed by atoms with van der Waals surface area (Å²) in [7, 11) is -4.15. The summed E-state index contributed by atoms with van der Waals surface area (Å²) in [5.74, 6) is -1.20. The van der Waals surface area contributed by atoms with Gasteiger partial charge in [0.2, 0.25) is 15.9 Å². The summed E-state index contributed by atoms with van der Waals surface area (Å²) in [6.07, 6.45) is 0.461. The molecular formula is C20H24N4O6S. The first-order chi connectivity index (χ1) is 14.6. The minimum Gasteiger partial charge on any atom is -0.494 e. The van der Waals surface area contributed by atoms with Gasteiger partial charge >= 0.3 is 5.97 Å². The molecule has 0 unspecified atom stereocenters. The molecule has 0 aromatic heterocycles. The van der Waals surface area contributed by atoms with Crippen LogP contribution in [0, 0.1) is 5.41 Å². The standard InChI is InChI=1S/C20H24N4O6S/c1-13(20(26)27)24-31(28,29)17-6-3-2-5-16(17)23-18(25)7-4-12-30-15-10-8-14(9-11-15)19(21)22/h2-3,5-6,8-11,13,24H,4,7,12H2,1H3,(H3,21,22)(H,23,25)(H,26,27)/t13-/m0/s1. The van der Waals surface area contributed by atoms with Crippen LogP contribution in [0.4, 0.5) is 5.69 Å². The van der Waals surface area contributed by atoms with Crippen molar-refractivity contribution in [3.05, 3.63) is 54.1 Å². The summed E-state index contributed by atoms with van der Waals surface area (Å²) in [4.78, 5) is 23.0. The number of hydrogen-bond donors (Lipinski definition) is 5. The third kappa shape index (κ3) is 7.08. The Morgan fingerprint density at radius 2 is 1.81 bits per heavy atom. The average molecular weight is 449 g/mol. The van der Waals surface area contributed by atoms with E-state index in [0.717, 1.165) is 0 Å². The van der Waals surface area contributed by atoms with E-state index in [4.69, 9.17) is 21.0 Å². The number of rotatable bonds is 11. The van der Waals surface area contributed by atoms with Gasteiger partial charge in [-0.3, -0.25) is 15.0 Å². The van der Waals surface area contributed by atoms with Crippen molar-refractivity contribution in [3.8, 4) is 5.75 Å². The number of carboxylic acid groups (broad SMARTS) is 1. The highest BCUT2D eigenvalue weighted by molar-refractivity contribution is 7.89. The van der Waals surface area contributed by atoms with Gasteiger partial charge in [-0.2, -0.15) is 4.72 Å². The van der Waals surface area contributed by atoms with Crippen LogP contribution in [0.3, 0.4) is 0 Å². The second-order valence-corrected chi connectivity index (χ2v) is 8.30. The van der Waals surface area contributed by atoms with Crippen LogP contribution in [0.1, 0.15) is 25.3 Å². The second-order valence-electron chi connectivity index (χ2n) is 6.62. The molecule has 166 valence electrons. The molecule has 0 fully saturated rings. The van der Waals surface area contributed by atoms with Gasteiger partial charge in [-0.1, -0.05) is 12.1 Å². The van der Waals surface area contributed by atoms with Crippen LogP contribution in [0.25, 0.3) is 0 Å². The maximum atomic E-state index is 12.5. The Labute approximate surface area is 180 Å². The van der Waals surface area contributed by atoms with Crippen LogP contribution in [0.15, 0.2) is 53.4 Å². The fourth-order valence-corrected chi connectivity index (χ4v) is 3.88. The van der Waals surface area contributed by atoms with E-state index < -0.39 is 27.9 Å². The molecule has 0 radical (unpaired) electrons. The van der Waals surface area contributed by atoms with Crippen molar-refractivity contribution in [2.75, 3.05) is 11.9 Å². The molecule has 1 atom stereocenters. The van der Waals surface area contributed by atoms with Crippen LogP contribution in [-0.4, -0.2) is 43.9 Å². The van der Waals surface area contributed by atoms with Crippen molar-refractivity contribution < 1.29 is 27.9 Å². The second kappa shape index (κ2) is 10.5. The Morgan fingerprint density at radius 3 is 2.42 bits per heavy atom. The number of carbonyl (C=O) groups excluding carboxylic acids is 1. The highest BCUT2D eigenvalue weighted by Crippen LogP contribution is 2.21. The SMILES string of the molecule is C[C@H](NS(=O)(=O)c1ccccc1NC(=O)CCCOc1ccc(C(=N)N)cc1)C(=O)O. The first-order valence-electron chi connectivity index (χ1n) is 9.31. The van der Waals surface area contributed by atoms with Gasteiger partial charge in [-0.25, -0.2) is 8.42 Å². The molecule has 0 saturated heterocycles. The van der Waals surface area contributed by atoms with E-state index in [1.165, 1.54) is 25.1 Å². The molecular weight excluding hydrogens is 424 g/mol. The Bertz CT molecular complexity index is 1050. The molecule has 0 spiro atoms. The third-order valence-corrected chi connectivity index (χ3v) is 5.73. The van der Waals surface area contributed by atoms with Crippen LogP contribution < -0.4 is 20.5 Å². The van der Waals surface area contributed by atoms with Gasteiger partial charge in [0, 0.05) is 12.0 Å². The van der Waals surface area contributed by atoms with E-state index in [-0.39, 0.29) is 29.4 Å². The summed E-state index contributed by atoms with van der Waals surface area (Å²) in [5.41, 5.74) is 6.02. The number of nitrogens with two attached hydrogens (primary N) is 1. The number of amides is 1. The van der Waals surface area contributed by atoms with Crippen LogP contribution in [0.2, 0.25) is 0 Å². The number of para-hydroxylation sites is 1.